The zero-order valence-electron chi connectivity index (χ0n) is 14.1. The maximum atomic E-state index is 11.6. The van der Waals surface area contributed by atoms with Gasteiger partial charge in [-0.15, -0.1) is 0 Å². The SMILES string of the molecule is Bc1ccc(-c2c(CON(O)O)c(C=O)nn2-c2ccc(Cl)cc2Cl)cc1. The number of aromatic nitrogens is 2. The third-order valence-electron chi connectivity index (χ3n) is 3.91. The van der Waals surface area contributed by atoms with Crippen molar-refractivity contribution in [3.05, 3.63) is 63.8 Å². The molecule has 0 amide bonds. The minimum atomic E-state index is -0.417. The molecule has 0 aliphatic heterocycles. The van der Waals surface area contributed by atoms with Crippen molar-refractivity contribution in [1.82, 2.24) is 15.2 Å². The van der Waals surface area contributed by atoms with Gasteiger partial charge in [0.15, 0.2) is 6.29 Å². The first kappa shape index (κ1) is 19.6. The fourth-order valence-corrected chi connectivity index (χ4v) is 3.15. The molecule has 3 aromatic rings. The molecule has 27 heavy (non-hydrogen) atoms. The van der Waals surface area contributed by atoms with Crippen molar-refractivity contribution in [3.63, 3.8) is 0 Å². The minimum Gasteiger partial charge on any atom is -0.296 e. The predicted molar refractivity (Wildman–Crippen MR) is 103 cm³/mol. The number of carbonyl (C=O) groups excluding carboxylic acids is 1. The monoisotopic (exact) mass is 405 g/mol. The van der Waals surface area contributed by atoms with Gasteiger partial charge in [0.25, 0.3) is 0 Å². The minimum absolute atomic E-state index is 0.0819. The van der Waals surface area contributed by atoms with Crippen LogP contribution in [0.5, 0.6) is 0 Å². The third kappa shape index (κ3) is 4.22. The Labute approximate surface area is 165 Å². The highest BCUT2D eigenvalue weighted by atomic mass is 35.5. The Morgan fingerprint density at radius 3 is 2.48 bits per heavy atom. The molecule has 2 aromatic carbocycles. The Bertz CT molecular complexity index is 977. The predicted octanol–water partition coefficient (Wildman–Crippen LogP) is 2.43. The highest BCUT2D eigenvalue weighted by Crippen LogP contribution is 2.32. The normalized spacial score (nSPS) is 11.1. The number of carbonyl (C=O) groups is 1. The van der Waals surface area contributed by atoms with Gasteiger partial charge in [0, 0.05) is 16.1 Å². The van der Waals surface area contributed by atoms with E-state index in [0.717, 1.165) is 11.0 Å². The average molecular weight is 406 g/mol. The van der Waals surface area contributed by atoms with Gasteiger partial charge in [-0.1, -0.05) is 52.9 Å². The molecule has 0 saturated carbocycles. The van der Waals surface area contributed by atoms with Crippen molar-refractivity contribution in [2.45, 2.75) is 6.61 Å². The quantitative estimate of drug-likeness (QED) is 0.372. The van der Waals surface area contributed by atoms with E-state index < -0.39 is 5.39 Å². The number of benzene rings is 2. The second-order valence-corrected chi connectivity index (χ2v) is 6.57. The van der Waals surface area contributed by atoms with E-state index >= 15 is 0 Å². The molecule has 1 heterocycles. The summed E-state index contributed by atoms with van der Waals surface area (Å²) in [5.74, 6) is 0. The van der Waals surface area contributed by atoms with Crippen LogP contribution in [0.4, 0.5) is 0 Å². The zero-order valence-corrected chi connectivity index (χ0v) is 15.6. The van der Waals surface area contributed by atoms with Gasteiger partial charge in [0.05, 0.1) is 21.8 Å². The van der Waals surface area contributed by atoms with E-state index in [9.17, 15) is 4.79 Å². The van der Waals surface area contributed by atoms with Gasteiger partial charge in [-0.25, -0.2) is 9.52 Å². The summed E-state index contributed by atoms with van der Waals surface area (Å²) in [5.41, 5.74) is 3.29. The summed E-state index contributed by atoms with van der Waals surface area (Å²) < 4.78 is 1.50. The van der Waals surface area contributed by atoms with E-state index in [2.05, 4.69) is 5.10 Å². The Morgan fingerprint density at radius 1 is 1.19 bits per heavy atom. The Hall–Kier alpha value is -2.20. The van der Waals surface area contributed by atoms with E-state index in [0.29, 0.717) is 33.3 Å². The first-order valence-electron chi connectivity index (χ1n) is 7.81. The van der Waals surface area contributed by atoms with Crippen LogP contribution < -0.4 is 5.46 Å². The van der Waals surface area contributed by atoms with E-state index in [4.69, 9.17) is 38.5 Å². The van der Waals surface area contributed by atoms with Crippen LogP contribution >= 0.6 is 23.2 Å². The van der Waals surface area contributed by atoms with Crippen LogP contribution in [-0.2, 0) is 11.4 Å². The standard InChI is InChI=1S/C17H14BCl2N3O4/c18-11-3-1-10(2-4-11)17-13(9-27-23(25)26)15(8-24)21-22(17)16-6-5-12(19)7-14(16)20/h1-8,25-26H,9,18H2. The van der Waals surface area contributed by atoms with Gasteiger partial charge >= 0.3 is 0 Å². The fourth-order valence-electron chi connectivity index (χ4n) is 2.66. The van der Waals surface area contributed by atoms with E-state index in [1.807, 2.05) is 32.1 Å². The summed E-state index contributed by atoms with van der Waals surface area (Å²) in [7, 11) is 1.95. The maximum absolute atomic E-state index is 11.6. The van der Waals surface area contributed by atoms with E-state index in [-0.39, 0.29) is 12.3 Å². The molecule has 0 atom stereocenters. The van der Waals surface area contributed by atoms with Crippen molar-refractivity contribution in [2.24, 2.45) is 0 Å². The highest BCUT2D eigenvalue weighted by Gasteiger charge is 2.22. The van der Waals surface area contributed by atoms with Crippen LogP contribution in [0, 0.1) is 0 Å². The van der Waals surface area contributed by atoms with E-state index in [1.165, 1.54) is 4.68 Å². The van der Waals surface area contributed by atoms with Gasteiger partial charge < -0.3 is 0 Å². The van der Waals surface area contributed by atoms with Crippen molar-refractivity contribution < 1.29 is 20.0 Å². The molecule has 0 bridgehead atoms. The van der Waals surface area contributed by atoms with Gasteiger partial charge in [-0.05, 0) is 18.2 Å². The number of hydrogen-bond donors (Lipinski definition) is 2. The molecular formula is C17H14BCl2N3O4. The van der Waals surface area contributed by atoms with Crippen molar-refractivity contribution >= 4 is 42.8 Å². The molecule has 0 unspecified atom stereocenters. The third-order valence-corrected chi connectivity index (χ3v) is 4.45. The molecule has 0 fully saturated rings. The second-order valence-electron chi connectivity index (χ2n) is 5.73. The molecule has 0 spiro atoms. The molecular weight excluding hydrogens is 392 g/mol. The smallest absolute Gasteiger partial charge is 0.170 e. The zero-order chi connectivity index (χ0) is 19.6. The number of halogens is 2. The summed E-state index contributed by atoms with van der Waals surface area (Å²) in [5, 5.41) is 22.5. The molecule has 138 valence electrons. The first-order valence-corrected chi connectivity index (χ1v) is 8.56. The summed E-state index contributed by atoms with van der Waals surface area (Å²) in [6.45, 7) is -0.296. The van der Waals surface area contributed by atoms with E-state index in [1.54, 1.807) is 18.2 Å². The average Bonchev–Trinajstić information content (AvgIpc) is 2.99. The lowest BCUT2D eigenvalue weighted by Gasteiger charge is -2.13. The summed E-state index contributed by atoms with van der Waals surface area (Å²) in [6, 6.07) is 12.4. The molecule has 7 nitrogen and oxygen atoms in total. The summed E-state index contributed by atoms with van der Waals surface area (Å²) in [6.07, 6.45) is 0.565. The summed E-state index contributed by atoms with van der Waals surface area (Å²) >= 11 is 12.3. The Kier molecular flexibility index (Phi) is 5.96. The van der Waals surface area contributed by atoms with Crippen LogP contribution in [0.15, 0.2) is 42.5 Å². The Balaban J connectivity index is 2.25. The molecule has 0 saturated heterocycles. The number of aldehydes is 1. The number of nitrogens with zero attached hydrogens (tertiary/aromatic N) is 3. The lowest BCUT2D eigenvalue weighted by molar-refractivity contribution is -0.497. The second kappa shape index (κ2) is 8.22. The van der Waals surface area contributed by atoms with Gasteiger partial charge in [-0.3, -0.25) is 15.2 Å². The molecule has 10 heteroatoms. The van der Waals surface area contributed by atoms with Crippen LogP contribution in [0.25, 0.3) is 16.9 Å². The molecule has 0 aliphatic rings. The molecule has 3 rings (SSSR count). The summed E-state index contributed by atoms with van der Waals surface area (Å²) in [4.78, 5) is 16.3. The largest absolute Gasteiger partial charge is 0.296 e. The van der Waals surface area contributed by atoms with Gasteiger partial charge in [0.1, 0.15) is 20.1 Å². The fraction of sp³-hybridized carbons (Fsp3) is 0.0588. The topological polar surface area (TPSA) is 87.8 Å². The molecule has 2 N–H and O–H groups in total. The maximum Gasteiger partial charge on any atom is 0.170 e. The molecule has 0 radical (unpaired) electrons. The molecule has 0 aliphatic carbocycles. The van der Waals surface area contributed by atoms with Crippen molar-refractivity contribution in [2.75, 3.05) is 0 Å². The van der Waals surface area contributed by atoms with Crippen LogP contribution in [0.2, 0.25) is 10.0 Å². The Morgan fingerprint density at radius 2 is 1.89 bits per heavy atom. The molecule has 1 aromatic heterocycles. The van der Waals surface area contributed by atoms with Gasteiger partial charge in [-0.2, -0.15) is 5.10 Å². The lowest BCUT2D eigenvalue weighted by atomic mass is 9.94. The highest BCUT2D eigenvalue weighted by molar-refractivity contribution is 6.35. The van der Waals surface area contributed by atoms with Crippen LogP contribution in [-0.4, -0.2) is 39.7 Å². The first-order chi connectivity index (χ1) is 12.9. The van der Waals surface area contributed by atoms with Crippen molar-refractivity contribution in [1.29, 1.82) is 0 Å². The van der Waals surface area contributed by atoms with Crippen molar-refractivity contribution in [3.8, 4) is 16.9 Å². The van der Waals surface area contributed by atoms with Gasteiger partial charge in [0.2, 0.25) is 0 Å². The lowest BCUT2D eigenvalue weighted by Crippen LogP contribution is -2.14. The number of hydrogen-bond acceptors (Lipinski definition) is 6. The number of rotatable bonds is 6. The van der Waals surface area contributed by atoms with Crippen LogP contribution in [0.1, 0.15) is 16.1 Å². The van der Waals surface area contributed by atoms with Crippen LogP contribution in [0.3, 0.4) is 0 Å².